The van der Waals surface area contributed by atoms with Crippen LogP contribution in [0, 0.1) is 0 Å². The molecule has 3 aromatic rings. The predicted molar refractivity (Wildman–Crippen MR) is 80.0 cm³/mol. The minimum Gasteiger partial charge on any atom is -0.456 e. The summed E-state index contributed by atoms with van der Waals surface area (Å²) >= 11 is 0. The van der Waals surface area contributed by atoms with Gasteiger partial charge in [-0.1, -0.05) is 24.3 Å². The molecule has 4 rings (SSSR count). The molecule has 1 aliphatic rings. The first kappa shape index (κ1) is 11.1. The Morgan fingerprint density at radius 2 is 1.70 bits per heavy atom. The van der Waals surface area contributed by atoms with Crippen LogP contribution >= 0.6 is 0 Å². The number of fused-ring (bicyclic) bond motifs is 4. The number of hydrogen-bond acceptors (Lipinski definition) is 2. The first-order chi connectivity index (χ1) is 9.81. The van der Waals surface area contributed by atoms with Gasteiger partial charge in [0.1, 0.15) is 11.5 Å². The Hall–Kier alpha value is -2.81. The van der Waals surface area contributed by atoms with E-state index in [-0.39, 0.29) is 5.56 Å². The van der Waals surface area contributed by atoms with E-state index in [1.165, 1.54) is 6.07 Å². The lowest BCUT2D eigenvalue weighted by atomic mass is 10.1. The van der Waals surface area contributed by atoms with Crippen molar-refractivity contribution in [3.8, 4) is 11.5 Å². The molecular weight excluding hydrogens is 250 g/mol. The number of rotatable bonds is 0. The summed E-state index contributed by atoms with van der Waals surface area (Å²) in [7, 11) is 0. The number of para-hydroxylation sites is 1. The van der Waals surface area contributed by atoms with Crippen molar-refractivity contribution in [3.63, 3.8) is 0 Å². The second-order valence-electron chi connectivity index (χ2n) is 4.74. The molecule has 2 heterocycles. The summed E-state index contributed by atoms with van der Waals surface area (Å²) in [5.41, 5.74) is 2.62. The topological polar surface area (TPSA) is 42.1 Å². The quantitative estimate of drug-likeness (QED) is 0.523. The van der Waals surface area contributed by atoms with E-state index in [2.05, 4.69) is 4.98 Å². The predicted octanol–water partition coefficient (Wildman–Crippen LogP) is 3.80. The number of hydrogen-bond donors (Lipinski definition) is 1. The molecule has 3 nitrogen and oxygen atoms in total. The number of aromatic amines is 1. The molecule has 3 heteroatoms. The molecule has 1 N–H and O–H groups in total. The highest BCUT2D eigenvalue weighted by Gasteiger charge is 2.13. The van der Waals surface area contributed by atoms with E-state index < -0.39 is 0 Å². The standard InChI is InChI=1S/C17H11NO2/c19-16-10-7-12-6-9-15-13(17(12)18-16)8-5-11-3-1-2-4-14(11)20-15/h1-10H,(H,18,19). The van der Waals surface area contributed by atoms with Crippen molar-refractivity contribution in [1.29, 1.82) is 0 Å². The van der Waals surface area contributed by atoms with E-state index in [0.29, 0.717) is 0 Å². The Labute approximate surface area is 115 Å². The SMILES string of the molecule is O=c1ccc2ccc3c(c2[nH]1)C=Cc1ccccc1O3. The molecule has 0 spiro atoms. The second-order valence-corrected chi connectivity index (χ2v) is 4.74. The Bertz CT molecular complexity index is 906. The van der Waals surface area contributed by atoms with Crippen LogP contribution in [0.25, 0.3) is 23.1 Å². The van der Waals surface area contributed by atoms with E-state index in [4.69, 9.17) is 4.74 Å². The molecule has 2 aromatic carbocycles. The van der Waals surface area contributed by atoms with Gasteiger partial charge in [0.05, 0.1) is 5.52 Å². The van der Waals surface area contributed by atoms with Crippen LogP contribution in [0.15, 0.2) is 53.3 Å². The van der Waals surface area contributed by atoms with Gasteiger partial charge in [0, 0.05) is 17.2 Å². The second kappa shape index (κ2) is 4.10. The Balaban J connectivity index is 2.04. The van der Waals surface area contributed by atoms with Gasteiger partial charge in [0.2, 0.25) is 5.56 Å². The van der Waals surface area contributed by atoms with E-state index in [1.807, 2.05) is 54.6 Å². The maximum Gasteiger partial charge on any atom is 0.248 e. The Morgan fingerprint density at radius 3 is 2.65 bits per heavy atom. The van der Waals surface area contributed by atoms with Crippen molar-refractivity contribution < 1.29 is 4.74 Å². The summed E-state index contributed by atoms with van der Waals surface area (Å²) in [6.07, 6.45) is 3.99. The molecule has 1 aliphatic heterocycles. The van der Waals surface area contributed by atoms with Crippen LogP contribution in [0.1, 0.15) is 11.1 Å². The van der Waals surface area contributed by atoms with Gasteiger partial charge in [-0.3, -0.25) is 4.79 Å². The van der Waals surface area contributed by atoms with E-state index in [0.717, 1.165) is 33.5 Å². The van der Waals surface area contributed by atoms with Gasteiger partial charge in [-0.25, -0.2) is 0 Å². The fourth-order valence-electron chi connectivity index (χ4n) is 2.48. The lowest BCUT2D eigenvalue weighted by Crippen LogP contribution is -2.03. The first-order valence-electron chi connectivity index (χ1n) is 6.42. The fourth-order valence-corrected chi connectivity index (χ4v) is 2.48. The molecule has 1 aromatic heterocycles. The molecule has 0 aliphatic carbocycles. The number of benzene rings is 2. The molecule has 96 valence electrons. The molecule has 0 amide bonds. The summed E-state index contributed by atoms with van der Waals surface area (Å²) in [5.74, 6) is 1.57. The van der Waals surface area contributed by atoms with Crippen molar-refractivity contribution in [2.75, 3.05) is 0 Å². The highest BCUT2D eigenvalue weighted by atomic mass is 16.5. The minimum absolute atomic E-state index is 0.110. The van der Waals surface area contributed by atoms with Gasteiger partial charge >= 0.3 is 0 Å². The largest absolute Gasteiger partial charge is 0.456 e. The normalized spacial score (nSPS) is 12.4. The van der Waals surface area contributed by atoms with Crippen LogP contribution in [-0.4, -0.2) is 4.98 Å². The third kappa shape index (κ3) is 1.64. The van der Waals surface area contributed by atoms with E-state index >= 15 is 0 Å². The highest BCUT2D eigenvalue weighted by Crippen LogP contribution is 2.36. The molecule has 0 saturated heterocycles. The van der Waals surface area contributed by atoms with Crippen molar-refractivity contribution in [2.45, 2.75) is 0 Å². The third-order valence-electron chi connectivity index (χ3n) is 3.47. The van der Waals surface area contributed by atoms with E-state index in [1.54, 1.807) is 0 Å². The monoisotopic (exact) mass is 261 g/mol. The average molecular weight is 261 g/mol. The summed E-state index contributed by atoms with van der Waals surface area (Å²) in [6.45, 7) is 0. The first-order valence-corrected chi connectivity index (χ1v) is 6.42. The van der Waals surface area contributed by atoms with Crippen molar-refractivity contribution in [1.82, 2.24) is 4.98 Å². The number of nitrogens with one attached hydrogen (secondary N) is 1. The molecule has 0 bridgehead atoms. The van der Waals surface area contributed by atoms with Crippen molar-refractivity contribution >= 4 is 23.1 Å². The van der Waals surface area contributed by atoms with Gasteiger partial charge in [-0.15, -0.1) is 0 Å². The average Bonchev–Trinajstić information content (AvgIpc) is 2.66. The van der Waals surface area contributed by atoms with Gasteiger partial charge in [-0.2, -0.15) is 0 Å². The van der Waals surface area contributed by atoms with Gasteiger partial charge in [0.25, 0.3) is 0 Å². The van der Waals surface area contributed by atoms with Crippen LogP contribution < -0.4 is 10.3 Å². The maximum atomic E-state index is 11.6. The van der Waals surface area contributed by atoms with Gasteiger partial charge in [0.15, 0.2) is 0 Å². The maximum absolute atomic E-state index is 11.6. The lowest BCUT2D eigenvalue weighted by molar-refractivity contribution is 0.482. The third-order valence-corrected chi connectivity index (χ3v) is 3.47. The van der Waals surface area contributed by atoms with Crippen LogP contribution in [0.2, 0.25) is 0 Å². The van der Waals surface area contributed by atoms with Crippen LogP contribution in [0.5, 0.6) is 11.5 Å². The minimum atomic E-state index is -0.110. The van der Waals surface area contributed by atoms with Gasteiger partial charge < -0.3 is 9.72 Å². The zero-order valence-corrected chi connectivity index (χ0v) is 10.6. The van der Waals surface area contributed by atoms with E-state index in [9.17, 15) is 4.79 Å². The summed E-state index contributed by atoms with van der Waals surface area (Å²) in [5, 5.41) is 0.988. The molecule has 20 heavy (non-hydrogen) atoms. The van der Waals surface area contributed by atoms with Crippen molar-refractivity contribution in [2.24, 2.45) is 0 Å². The Morgan fingerprint density at radius 1 is 0.850 bits per heavy atom. The highest BCUT2D eigenvalue weighted by molar-refractivity contribution is 5.93. The lowest BCUT2D eigenvalue weighted by Gasteiger charge is -2.10. The molecule has 0 saturated carbocycles. The zero-order valence-electron chi connectivity index (χ0n) is 10.6. The molecule has 0 fully saturated rings. The summed E-state index contributed by atoms with van der Waals surface area (Å²) < 4.78 is 5.97. The van der Waals surface area contributed by atoms with Crippen LogP contribution in [0.3, 0.4) is 0 Å². The van der Waals surface area contributed by atoms with Gasteiger partial charge in [-0.05, 0) is 35.7 Å². The number of pyridine rings is 1. The van der Waals surface area contributed by atoms with Crippen molar-refractivity contribution in [3.05, 3.63) is 70.0 Å². The fraction of sp³-hybridized carbons (Fsp3) is 0. The smallest absolute Gasteiger partial charge is 0.248 e. The number of H-pyrrole nitrogens is 1. The van der Waals surface area contributed by atoms with Crippen LogP contribution in [0.4, 0.5) is 0 Å². The summed E-state index contributed by atoms with van der Waals surface area (Å²) in [6, 6.07) is 15.1. The number of aromatic nitrogens is 1. The molecule has 0 radical (unpaired) electrons. The Kier molecular flexibility index (Phi) is 2.27. The molecule has 0 unspecified atom stereocenters. The zero-order chi connectivity index (χ0) is 13.5. The number of ether oxygens (including phenoxy) is 1. The van der Waals surface area contributed by atoms with Crippen LogP contribution in [-0.2, 0) is 0 Å². The molecule has 0 atom stereocenters. The molecular formula is C17H11NO2. The summed E-state index contributed by atoms with van der Waals surface area (Å²) in [4.78, 5) is 14.4.